The second kappa shape index (κ2) is 11.8. The van der Waals surface area contributed by atoms with Crippen molar-refractivity contribution in [3.63, 3.8) is 0 Å². The van der Waals surface area contributed by atoms with Crippen molar-refractivity contribution < 1.29 is 35.2 Å². The molecule has 0 radical (unpaired) electrons. The van der Waals surface area contributed by atoms with Crippen LogP contribution < -0.4 is 9.62 Å². The summed E-state index contributed by atoms with van der Waals surface area (Å²) in [6.07, 6.45) is -3.76. The van der Waals surface area contributed by atoms with Gasteiger partial charge in [-0.1, -0.05) is 25.1 Å². The van der Waals surface area contributed by atoms with Gasteiger partial charge in [-0.3, -0.25) is 9.10 Å². The molecule has 0 bridgehead atoms. The second-order valence-corrected chi connectivity index (χ2v) is 14.1. The van der Waals surface area contributed by atoms with Crippen LogP contribution in [0.3, 0.4) is 0 Å². The van der Waals surface area contributed by atoms with Crippen molar-refractivity contribution in [2.24, 2.45) is 0 Å². The minimum absolute atomic E-state index is 0.0224. The number of benzene rings is 4. The van der Waals surface area contributed by atoms with Crippen LogP contribution in [-0.4, -0.2) is 34.7 Å². The van der Waals surface area contributed by atoms with E-state index in [0.717, 1.165) is 26.7 Å². The molecule has 4 aromatic carbocycles. The smallest absolute Gasteiger partial charge is 0.416 e. The molecular weight excluding hydrogens is 653 g/mol. The predicted octanol–water partition coefficient (Wildman–Crippen LogP) is 9.12. The summed E-state index contributed by atoms with van der Waals surface area (Å²) in [7, 11) is -1.20. The van der Waals surface area contributed by atoms with Gasteiger partial charge in [0.05, 0.1) is 23.1 Å². The van der Waals surface area contributed by atoms with Gasteiger partial charge in [-0.15, -0.1) is 11.3 Å². The van der Waals surface area contributed by atoms with Gasteiger partial charge in [0.15, 0.2) is 0 Å². The predicted molar refractivity (Wildman–Crippen MR) is 179 cm³/mol. The number of amides is 1. The zero-order valence-corrected chi connectivity index (χ0v) is 27.3. The summed E-state index contributed by atoms with van der Waals surface area (Å²) in [6.45, 7) is 1.60. The Morgan fingerprint density at radius 3 is 2.28 bits per heavy atom. The lowest BCUT2D eigenvalue weighted by molar-refractivity contribution is -0.138. The molecule has 0 aliphatic rings. The summed E-state index contributed by atoms with van der Waals surface area (Å²) in [4.78, 5) is 13.9. The molecule has 47 heavy (non-hydrogen) atoms. The number of nitrogens with one attached hydrogen (secondary N) is 1. The number of halogens is 4. The Morgan fingerprint density at radius 1 is 0.957 bits per heavy atom. The molecule has 1 amide bonds. The van der Waals surface area contributed by atoms with E-state index < -0.39 is 33.5 Å². The number of furan rings is 1. The Kier molecular flexibility index (Phi) is 8.13. The maximum absolute atomic E-state index is 14.8. The fourth-order valence-electron chi connectivity index (χ4n) is 5.75. The summed E-state index contributed by atoms with van der Waals surface area (Å²) in [5, 5.41) is 3.69. The standard InChI is InChI=1S/C35H28F4N2O4S2/c1-5-23-24(14-21(15-27(23)35(37,38)39)31-16-20-8-6-7-9-30(20)46-31)25-17-26-29(18-28(25)41(3)47(4,43)44)45-33(32(26)34(42)40-2)19-10-12-22(36)13-11-19/h6-18H,5H2,1-4H3,(H,40,42). The summed E-state index contributed by atoms with van der Waals surface area (Å²) in [5.41, 5.74) is 0.370. The Hall–Kier alpha value is -4.68. The molecule has 242 valence electrons. The van der Waals surface area contributed by atoms with Crippen LogP contribution in [-0.2, 0) is 22.6 Å². The van der Waals surface area contributed by atoms with Crippen molar-refractivity contribution in [2.75, 3.05) is 24.7 Å². The fourth-order valence-corrected chi connectivity index (χ4v) is 7.31. The number of hydrogen-bond donors (Lipinski definition) is 1. The average molecular weight is 681 g/mol. The second-order valence-electron chi connectivity index (χ2n) is 11.0. The van der Waals surface area contributed by atoms with Crippen molar-refractivity contribution in [1.29, 1.82) is 0 Å². The van der Waals surface area contributed by atoms with Crippen molar-refractivity contribution in [3.05, 3.63) is 101 Å². The van der Waals surface area contributed by atoms with Gasteiger partial charge in [0.2, 0.25) is 10.0 Å². The monoisotopic (exact) mass is 680 g/mol. The van der Waals surface area contributed by atoms with Crippen LogP contribution in [0.15, 0.2) is 83.3 Å². The highest BCUT2D eigenvalue weighted by atomic mass is 32.2. The normalized spacial score (nSPS) is 12.2. The minimum Gasteiger partial charge on any atom is -0.455 e. The molecule has 1 N–H and O–H groups in total. The number of fused-ring (bicyclic) bond motifs is 2. The first-order valence-electron chi connectivity index (χ1n) is 14.5. The lowest BCUT2D eigenvalue weighted by atomic mass is 9.89. The largest absolute Gasteiger partial charge is 0.455 e. The zero-order valence-electron chi connectivity index (χ0n) is 25.6. The van der Waals surface area contributed by atoms with E-state index in [1.54, 1.807) is 13.0 Å². The van der Waals surface area contributed by atoms with Crippen LogP contribution in [0.2, 0.25) is 0 Å². The van der Waals surface area contributed by atoms with Gasteiger partial charge in [0.25, 0.3) is 5.91 Å². The third-order valence-electron chi connectivity index (χ3n) is 8.11. The molecule has 0 saturated heterocycles. The van der Waals surface area contributed by atoms with Gasteiger partial charge in [-0.2, -0.15) is 13.2 Å². The van der Waals surface area contributed by atoms with Crippen LogP contribution >= 0.6 is 11.3 Å². The van der Waals surface area contributed by atoms with Gasteiger partial charge in [0.1, 0.15) is 17.2 Å². The Bertz CT molecular complexity index is 2260. The molecule has 6 nitrogen and oxygen atoms in total. The maximum Gasteiger partial charge on any atom is 0.416 e. The van der Waals surface area contributed by atoms with E-state index in [1.165, 1.54) is 61.8 Å². The highest BCUT2D eigenvalue weighted by Crippen LogP contribution is 2.47. The number of nitrogens with zero attached hydrogens (tertiary/aromatic N) is 1. The number of carbonyl (C=O) groups is 1. The van der Waals surface area contributed by atoms with E-state index in [-0.39, 0.29) is 51.1 Å². The van der Waals surface area contributed by atoms with E-state index in [4.69, 9.17) is 4.42 Å². The number of rotatable bonds is 7. The molecule has 0 atom stereocenters. The molecule has 6 rings (SSSR count). The number of anilines is 1. The summed E-state index contributed by atoms with van der Waals surface area (Å²) < 4.78 is 91.9. The Balaban J connectivity index is 1.73. The van der Waals surface area contributed by atoms with Crippen molar-refractivity contribution in [1.82, 2.24) is 5.32 Å². The van der Waals surface area contributed by atoms with Crippen molar-refractivity contribution in [2.45, 2.75) is 19.5 Å². The quantitative estimate of drug-likeness (QED) is 0.171. The molecule has 2 heterocycles. The van der Waals surface area contributed by atoms with Gasteiger partial charge in [-0.25, -0.2) is 12.8 Å². The van der Waals surface area contributed by atoms with Crippen LogP contribution in [0.25, 0.3) is 53.9 Å². The van der Waals surface area contributed by atoms with E-state index in [2.05, 4.69) is 5.32 Å². The van der Waals surface area contributed by atoms with E-state index in [9.17, 15) is 30.8 Å². The van der Waals surface area contributed by atoms with Gasteiger partial charge in [0, 0.05) is 46.3 Å². The first-order valence-corrected chi connectivity index (χ1v) is 17.1. The first kappa shape index (κ1) is 32.3. The Labute approximate surface area is 272 Å². The molecule has 0 unspecified atom stereocenters. The topological polar surface area (TPSA) is 79.6 Å². The Morgan fingerprint density at radius 2 is 1.66 bits per heavy atom. The molecule has 6 aromatic rings. The summed E-state index contributed by atoms with van der Waals surface area (Å²) >= 11 is 1.35. The van der Waals surface area contributed by atoms with Crippen molar-refractivity contribution in [3.8, 4) is 32.9 Å². The number of alkyl halides is 3. The number of thiophene rings is 1. The molecule has 0 saturated carbocycles. The summed E-state index contributed by atoms with van der Waals surface area (Å²) in [5.74, 6) is -0.962. The number of hydrogen-bond acceptors (Lipinski definition) is 5. The zero-order chi connectivity index (χ0) is 33.8. The number of sulfonamides is 1. The molecule has 0 spiro atoms. The highest BCUT2D eigenvalue weighted by molar-refractivity contribution is 7.92. The molecule has 0 fully saturated rings. The van der Waals surface area contributed by atoms with E-state index >= 15 is 0 Å². The van der Waals surface area contributed by atoms with Gasteiger partial charge in [-0.05, 0) is 83.1 Å². The molecule has 0 aliphatic carbocycles. The lowest BCUT2D eigenvalue weighted by Gasteiger charge is -2.24. The van der Waals surface area contributed by atoms with E-state index in [1.807, 2.05) is 30.3 Å². The van der Waals surface area contributed by atoms with Crippen LogP contribution in [0.1, 0.15) is 28.4 Å². The molecule has 12 heteroatoms. The summed E-state index contributed by atoms with van der Waals surface area (Å²) in [6, 6.07) is 20.3. The first-order chi connectivity index (χ1) is 22.2. The number of carbonyl (C=O) groups excluding carboxylic acids is 1. The van der Waals surface area contributed by atoms with Crippen molar-refractivity contribution >= 4 is 54.0 Å². The highest BCUT2D eigenvalue weighted by Gasteiger charge is 2.36. The lowest BCUT2D eigenvalue weighted by Crippen LogP contribution is -2.25. The maximum atomic E-state index is 14.8. The average Bonchev–Trinajstić information content (AvgIpc) is 3.64. The van der Waals surface area contributed by atoms with Gasteiger partial charge >= 0.3 is 6.18 Å². The molecular formula is C35H28F4N2O4S2. The minimum atomic E-state index is -4.72. The fraction of sp³-hybridized carbons (Fsp3) is 0.171. The third-order valence-corrected chi connectivity index (χ3v) is 10.5. The van der Waals surface area contributed by atoms with Crippen LogP contribution in [0.4, 0.5) is 23.2 Å². The molecule has 2 aromatic heterocycles. The van der Waals surface area contributed by atoms with Gasteiger partial charge < -0.3 is 9.73 Å². The SMILES string of the molecule is CCc1c(-c2cc3c(C(=O)NC)c(-c4ccc(F)cc4)oc3cc2N(C)S(C)(=O)=O)cc(-c2cc3ccccc3s2)cc1C(F)(F)F. The third kappa shape index (κ3) is 5.87. The van der Waals surface area contributed by atoms with E-state index in [0.29, 0.717) is 16.0 Å². The van der Waals surface area contributed by atoms with Crippen LogP contribution in [0, 0.1) is 5.82 Å². The van der Waals surface area contributed by atoms with Crippen LogP contribution in [0.5, 0.6) is 0 Å². The molecule has 0 aliphatic heterocycles.